The lowest BCUT2D eigenvalue weighted by Crippen LogP contribution is -2.36. The van der Waals surface area contributed by atoms with Crippen LogP contribution < -0.4 is 5.32 Å². The second-order valence-corrected chi connectivity index (χ2v) is 5.74. The number of hydrogen-bond donors (Lipinski definition) is 1. The van der Waals surface area contributed by atoms with E-state index in [4.69, 9.17) is 11.6 Å². The highest BCUT2D eigenvalue weighted by Gasteiger charge is 2.35. The first-order valence-electron chi connectivity index (χ1n) is 6.92. The van der Waals surface area contributed by atoms with Crippen molar-refractivity contribution in [2.45, 2.75) is 25.9 Å². The molecule has 2 heterocycles. The van der Waals surface area contributed by atoms with Crippen LogP contribution in [0.1, 0.15) is 25.6 Å². The van der Waals surface area contributed by atoms with E-state index in [1.807, 2.05) is 0 Å². The molecule has 1 aromatic rings. The van der Waals surface area contributed by atoms with Crippen molar-refractivity contribution < 1.29 is 13.2 Å². The molecule has 0 amide bonds. The Morgan fingerprint density at radius 1 is 1.33 bits per heavy atom. The van der Waals surface area contributed by atoms with Crippen molar-refractivity contribution in [3.05, 3.63) is 17.0 Å². The number of piperidine rings is 1. The normalized spacial score (nSPS) is 18.0. The third-order valence-electron chi connectivity index (χ3n) is 3.56. The number of alkyl halides is 3. The van der Waals surface area contributed by atoms with Gasteiger partial charge in [0.2, 0.25) is 5.82 Å². The molecule has 0 radical (unpaired) electrons. The molecule has 0 aromatic carbocycles. The van der Waals surface area contributed by atoms with Crippen molar-refractivity contribution in [1.29, 1.82) is 0 Å². The van der Waals surface area contributed by atoms with Gasteiger partial charge < -0.3 is 10.2 Å². The van der Waals surface area contributed by atoms with E-state index >= 15 is 0 Å². The molecule has 1 N–H and O–H groups in total. The SMILES string of the molecule is CC1CCN(CCNc2cc(Cl)nc(C(F)(F)F)n2)CC1. The number of rotatable bonds is 4. The highest BCUT2D eigenvalue weighted by Crippen LogP contribution is 2.28. The van der Waals surface area contributed by atoms with Crippen LogP contribution in [0.3, 0.4) is 0 Å². The topological polar surface area (TPSA) is 41.0 Å². The maximum Gasteiger partial charge on any atom is 0.451 e. The van der Waals surface area contributed by atoms with Crippen LogP contribution in [0, 0.1) is 5.92 Å². The molecule has 1 fully saturated rings. The summed E-state index contributed by atoms with van der Waals surface area (Å²) in [5, 5.41) is 2.66. The number of halogens is 4. The van der Waals surface area contributed by atoms with Crippen molar-refractivity contribution in [2.75, 3.05) is 31.5 Å². The predicted molar refractivity (Wildman–Crippen MR) is 75.4 cm³/mol. The van der Waals surface area contributed by atoms with E-state index in [-0.39, 0.29) is 11.0 Å². The first-order valence-corrected chi connectivity index (χ1v) is 7.30. The van der Waals surface area contributed by atoms with Crippen LogP contribution in [0.2, 0.25) is 5.15 Å². The van der Waals surface area contributed by atoms with E-state index < -0.39 is 12.0 Å². The Bertz CT molecular complexity index is 473. The van der Waals surface area contributed by atoms with Crippen molar-refractivity contribution in [3.8, 4) is 0 Å². The van der Waals surface area contributed by atoms with Crippen LogP contribution in [0.25, 0.3) is 0 Å². The Balaban J connectivity index is 1.87. The lowest BCUT2D eigenvalue weighted by molar-refractivity contribution is -0.144. The summed E-state index contributed by atoms with van der Waals surface area (Å²) in [5.41, 5.74) is 0. The summed E-state index contributed by atoms with van der Waals surface area (Å²) in [6.45, 7) is 5.59. The van der Waals surface area contributed by atoms with Gasteiger partial charge in [-0.05, 0) is 31.8 Å². The van der Waals surface area contributed by atoms with Gasteiger partial charge >= 0.3 is 6.18 Å². The lowest BCUT2D eigenvalue weighted by atomic mass is 9.99. The largest absolute Gasteiger partial charge is 0.451 e. The fourth-order valence-corrected chi connectivity index (χ4v) is 2.45. The summed E-state index contributed by atoms with van der Waals surface area (Å²) in [7, 11) is 0. The van der Waals surface area contributed by atoms with Crippen LogP contribution in [0.5, 0.6) is 0 Å². The lowest BCUT2D eigenvalue weighted by Gasteiger charge is -2.30. The molecule has 0 atom stereocenters. The van der Waals surface area contributed by atoms with E-state index in [0.717, 1.165) is 38.4 Å². The van der Waals surface area contributed by atoms with Crippen molar-refractivity contribution in [2.24, 2.45) is 5.92 Å². The molecule has 0 spiro atoms. The highest BCUT2D eigenvalue weighted by molar-refractivity contribution is 6.29. The van der Waals surface area contributed by atoms with Gasteiger partial charge in [-0.2, -0.15) is 13.2 Å². The van der Waals surface area contributed by atoms with Crippen LogP contribution in [0.4, 0.5) is 19.0 Å². The van der Waals surface area contributed by atoms with Gasteiger partial charge in [0.05, 0.1) is 0 Å². The van der Waals surface area contributed by atoms with Crippen LogP contribution in [-0.2, 0) is 6.18 Å². The molecule has 4 nitrogen and oxygen atoms in total. The van der Waals surface area contributed by atoms with E-state index in [0.29, 0.717) is 6.54 Å². The summed E-state index contributed by atoms with van der Waals surface area (Å²) in [5.74, 6) is -0.360. The van der Waals surface area contributed by atoms with Gasteiger partial charge in [0.1, 0.15) is 11.0 Å². The molecule has 1 aromatic heterocycles. The fourth-order valence-electron chi connectivity index (χ4n) is 2.26. The average molecular weight is 323 g/mol. The van der Waals surface area contributed by atoms with Crippen LogP contribution in [0.15, 0.2) is 6.07 Å². The summed E-state index contributed by atoms with van der Waals surface area (Å²) in [6, 6.07) is 1.30. The van der Waals surface area contributed by atoms with Gasteiger partial charge in [-0.25, -0.2) is 9.97 Å². The molecule has 1 saturated heterocycles. The Morgan fingerprint density at radius 2 is 2.00 bits per heavy atom. The Hall–Kier alpha value is -1.08. The first kappa shape index (κ1) is 16.3. The molecule has 8 heteroatoms. The van der Waals surface area contributed by atoms with Gasteiger partial charge in [0.25, 0.3) is 0 Å². The number of anilines is 1. The summed E-state index contributed by atoms with van der Waals surface area (Å²) >= 11 is 5.60. The third kappa shape index (κ3) is 5.00. The number of aromatic nitrogens is 2. The predicted octanol–water partition coefficient (Wildman–Crippen LogP) is 3.29. The molecular formula is C13H18ClF3N4. The molecule has 118 valence electrons. The number of nitrogens with one attached hydrogen (secondary N) is 1. The Kier molecular flexibility index (Phi) is 5.27. The number of likely N-dealkylation sites (tertiary alicyclic amines) is 1. The van der Waals surface area contributed by atoms with Crippen LogP contribution >= 0.6 is 11.6 Å². The summed E-state index contributed by atoms with van der Waals surface area (Å²) < 4.78 is 37.7. The summed E-state index contributed by atoms with van der Waals surface area (Å²) in [4.78, 5) is 8.93. The maximum absolute atomic E-state index is 12.6. The number of nitrogens with zero attached hydrogens (tertiary/aromatic N) is 3. The molecule has 0 bridgehead atoms. The molecular weight excluding hydrogens is 305 g/mol. The van der Waals surface area contributed by atoms with Gasteiger partial charge in [0, 0.05) is 19.2 Å². The van der Waals surface area contributed by atoms with E-state index in [2.05, 4.69) is 27.1 Å². The maximum atomic E-state index is 12.6. The molecule has 0 aliphatic carbocycles. The number of hydrogen-bond acceptors (Lipinski definition) is 4. The van der Waals surface area contributed by atoms with Crippen molar-refractivity contribution in [1.82, 2.24) is 14.9 Å². The van der Waals surface area contributed by atoms with Crippen LogP contribution in [-0.4, -0.2) is 41.0 Å². The standard InChI is InChI=1S/C13H18ClF3N4/c1-9-2-5-21(6-3-9)7-4-18-11-8-10(14)19-12(20-11)13(15,16)17/h8-9H,2-7H2,1H3,(H,18,19,20). The molecule has 2 rings (SSSR count). The van der Waals surface area contributed by atoms with Crippen molar-refractivity contribution >= 4 is 17.4 Å². The minimum Gasteiger partial charge on any atom is -0.369 e. The zero-order valence-electron chi connectivity index (χ0n) is 11.8. The van der Waals surface area contributed by atoms with Gasteiger partial charge in [-0.15, -0.1) is 0 Å². The second kappa shape index (κ2) is 6.79. The highest BCUT2D eigenvalue weighted by atomic mass is 35.5. The first-order chi connectivity index (χ1) is 9.84. The van der Waals surface area contributed by atoms with E-state index in [1.165, 1.54) is 6.07 Å². The molecule has 1 aliphatic heterocycles. The molecule has 1 aliphatic rings. The zero-order chi connectivity index (χ0) is 15.5. The van der Waals surface area contributed by atoms with Gasteiger partial charge in [-0.1, -0.05) is 18.5 Å². The molecule has 0 unspecified atom stereocenters. The Morgan fingerprint density at radius 3 is 2.62 bits per heavy atom. The zero-order valence-corrected chi connectivity index (χ0v) is 12.5. The third-order valence-corrected chi connectivity index (χ3v) is 3.75. The van der Waals surface area contributed by atoms with Gasteiger partial charge in [-0.3, -0.25) is 0 Å². The smallest absolute Gasteiger partial charge is 0.369 e. The Labute approximate surface area is 126 Å². The van der Waals surface area contributed by atoms with E-state index in [9.17, 15) is 13.2 Å². The minimum atomic E-state index is -4.59. The average Bonchev–Trinajstić information content (AvgIpc) is 2.39. The quantitative estimate of drug-likeness (QED) is 0.864. The molecule has 0 saturated carbocycles. The van der Waals surface area contributed by atoms with E-state index in [1.54, 1.807) is 0 Å². The second-order valence-electron chi connectivity index (χ2n) is 5.35. The van der Waals surface area contributed by atoms with Gasteiger partial charge in [0.15, 0.2) is 0 Å². The summed E-state index contributed by atoms with van der Waals surface area (Å²) in [6.07, 6.45) is -2.26. The fraction of sp³-hybridized carbons (Fsp3) is 0.692. The van der Waals surface area contributed by atoms with Crippen molar-refractivity contribution in [3.63, 3.8) is 0 Å². The molecule has 21 heavy (non-hydrogen) atoms. The monoisotopic (exact) mass is 322 g/mol. The minimum absolute atomic E-state index is 0.104.